The molecule has 1 amide bonds. The van der Waals surface area contributed by atoms with Gasteiger partial charge >= 0.3 is 0 Å². The maximum absolute atomic E-state index is 12.9. The molecule has 158 valence electrons. The van der Waals surface area contributed by atoms with Crippen LogP contribution in [-0.2, 0) is 14.8 Å². The van der Waals surface area contributed by atoms with E-state index in [1.165, 1.54) is 46.5 Å². The minimum atomic E-state index is -3.80. The molecule has 8 nitrogen and oxygen atoms in total. The van der Waals surface area contributed by atoms with Crippen LogP contribution in [0.4, 0.5) is 11.4 Å². The van der Waals surface area contributed by atoms with Crippen molar-refractivity contribution in [2.24, 2.45) is 0 Å². The van der Waals surface area contributed by atoms with Crippen LogP contribution in [0.5, 0.6) is 17.2 Å². The second kappa shape index (κ2) is 9.23. The number of rotatable bonds is 8. The van der Waals surface area contributed by atoms with Crippen LogP contribution in [0, 0.1) is 0 Å². The summed E-state index contributed by atoms with van der Waals surface area (Å²) in [4.78, 5) is 12.9. The maximum Gasteiger partial charge on any atom is 0.248 e. The van der Waals surface area contributed by atoms with E-state index in [9.17, 15) is 13.2 Å². The van der Waals surface area contributed by atoms with Gasteiger partial charge in [0.1, 0.15) is 23.3 Å². The van der Waals surface area contributed by atoms with Crippen LogP contribution in [0.2, 0.25) is 5.02 Å². The molecule has 0 bridgehead atoms. The molecule has 0 saturated heterocycles. The van der Waals surface area contributed by atoms with Gasteiger partial charge in [-0.15, -0.1) is 0 Å². The lowest BCUT2D eigenvalue weighted by atomic mass is 10.2. The van der Waals surface area contributed by atoms with E-state index in [4.69, 9.17) is 25.8 Å². The zero-order valence-corrected chi connectivity index (χ0v) is 18.3. The molecule has 0 aliphatic heterocycles. The Balaban J connectivity index is 2.39. The van der Waals surface area contributed by atoms with Gasteiger partial charge < -0.3 is 19.5 Å². The van der Waals surface area contributed by atoms with Gasteiger partial charge in [0.25, 0.3) is 0 Å². The zero-order valence-electron chi connectivity index (χ0n) is 16.7. The average Bonchev–Trinajstić information content (AvgIpc) is 2.67. The topological polar surface area (TPSA) is 94.2 Å². The molecule has 2 aromatic carbocycles. The van der Waals surface area contributed by atoms with Crippen LogP contribution in [0.15, 0.2) is 36.4 Å². The zero-order chi connectivity index (χ0) is 21.8. The molecule has 0 radical (unpaired) electrons. The molecular weight excluding hydrogens is 420 g/mol. The largest absolute Gasteiger partial charge is 0.497 e. The third-order valence-corrected chi connectivity index (χ3v) is 5.68. The number of anilines is 2. The van der Waals surface area contributed by atoms with Crippen molar-refractivity contribution in [2.45, 2.75) is 13.0 Å². The molecule has 1 atom stereocenters. The number of benzene rings is 2. The van der Waals surface area contributed by atoms with Crippen molar-refractivity contribution < 1.29 is 27.4 Å². The van der Waals surface area contributed by atoms with Crippen LogP contribution in [0.3, 0.4) is 0 Å². The van der Waals surface area contributed by atoms with Crippen molar-refractivity contribution in [3.63, 3.8) is 0 Å². The summed E-state index contributed by atoms with van der Waals surface area (Å²) >= 11 is 6.13. The van der Waals surface area contributed by atoms with Crippen molar-refractivity contribution in [3.05, 3.63) is 41.4 Å². The highest BCUT2D eigenvalue weighted by Crippen LogP contribution is 2.32. The van der Waals surface area contributed by atoms with Gasteiger partial charge in [0.2, 0.25) is 15.9 Å². The Labute approximate surface area is 175 Å². The van der Waals surface area contributed by atoms with Crippen molar-refractivity contribution in [2.75, 3.05) is 37.2 Å². The van der Waals surface area contributed by atoms with E-state index in [0.717, 1.165) is 10.6 Å². The first-order valence-corrected chi connectivity index (χ1v) is 10.7. The standard InChI is InChI=1S/C19H23ClN2O6S/c1-12(19(23)21-16-11-14(26-2)7-9-18(16)28-4)22(29(5,24)25)13-6-8-17(27-3)15(20)10-13/h6-12H,1-5H3,(H,21,23)/t12-/m0/s1. The van der Waals surface area contributed by atoms with Gasteiger partial charge in [-0.3, -0.25) is 9.10 Å². The van der Waals surface area contributed by atoms with E-state index < -0.39 is 22.0 Å². The number of carbonyl (C=O) groups excluding carboxylic acids is 1. The summed E-state index contributed by atoms with van der Waals surface area (Å²) in [6, 6.07) is 8.30. The summed E-state index contributed by atoms with van der Waals surface area (Å²) in [6.07, 6.45) is 1.01. The normalized spacial score (nSPS) is 12.1. The number of nitrogens with one attached hydrogen (secondary N) is 1. The van der Waals surface area contributed by atoms with E-state index in [-0.39, 0.29) is 10.7 Å². The molecule has 0 heterocycles. The van der Waals surface area contributed by atoms with Crippen LogP contribution >= 0.6 is 11.6 Å². The molecule has 29 heavy (non-hydrogen) atoms. The Hall–Kier alpha value is -2.65. The summed E-state index contributed by atoms with van der Waals surface area (Å²) in [5, 5.41) is 2.91. The Bertz CT molecular complexity index is 996. The maximum atomic E-state index is 12.9. The fraction of sp³-hybridized carbons (Fsp3) is 0.316. The van der Waals surface area contributed by atoms with Gasteiger partial charge in [0.05, 0.1) is 44.0 Å². The molecule has 0 saturated carbocycles. The van der Waals surface area contributed by atoms with Gasteiger partial charge in [0, 0.05) is 6.07 Å². The minimum Gasteiger partial charge on any atom is -0.497 e. The van der Waals surface area contributed by atoms with Gasteiger partial charge in [0.15, 0.2) is 0 Å². The molecule has 0 aliphatic carbocycles. The highest BCUT2D eigenvalue weighted by Gasteiger charge is 2.30. The molecule has 0 aromatic heterocycles. The molecular formula is C19H23ClN2O6S. The van der Waals surface area contributed by atoms with E-state index >= 15 is 0 Å². The van der Waals surface area contributed by atoms with E-state index in [1.54, 1.807) is 18.2 Å². The molecule has 10 heteroatoms. The highest BCUT2D eigenvalue weighted by molar-refractivity contribution is 7.92. The molecule has 0 aliphatic rings. The number of nitrogens with zero attached hydrogens (tertiary/aromatic N) is 1. The quantitative estimate of drug-likeness (QED) is 0.674. The molecule has 0 spiro atoms. The number of hydrogen-bond donors (Lipinski definition) is 1. The second-order valence-corrected chi connectivity index (χ2v) is 8.38. The number of carbonyl (C=O) groups is 1. The predicted molar refractivity (Wildman–Crippen MR) is 113 cm³/mol. The van der Waals surface area contributed by atoms with Gasteiger partial charge in [-0.1, -0.05) is 11.6 Å². The highest BCUT2D eigenvalue weighted by atomic mass is 35.5. The SMILES string of the molecule is COc1ccc(OC)c(NC(=O)[C@H](C)N(c2ccc(OC)c(Cl)c2)S(C)(=O)=O)c1. The number of hydrogen-bond acceptors (Lipinski definition) is 6. The Morgan fingerprint density at radius 3 is 2.17 bits per heavy atom. The fourth-order valence-corrected chi connectivity index (χ4v) is 4.17. The first-order chi connectivity index (χ1) is 13.6. The van der Waals surface area contributed by atoms with Crippen molar-refractivity contribution >= 4 is 38.9 Å². The third kappa shape index (κ3) is 5.24. The Morgan fingerprint density at radius 2 is 1.66 bits per heavy atom. The lowest BCUT2D eigenvalue weighted by molar-refractivity contribution is -0.116. The summed E-state index contributed by atoms with van der Waals surface area (Å²) in [5.41, 5.74) is 0.587. The monoisotopic (exact) mass is 442 g/mol. The van der Waals surface area contributed by atoms with Crippen LogP contribution in [0.1, 0.15) is 6.92 Å². The van der Waals surface area contributed by atoms with E-state index in [1.807, 2.05) is 0 Å². The first kappa shape index (κ1) is 22.6. The fourth-order valence-electron chi connectivity index (χ4n) is 2.75. The molecule has 2 aromatic rings. The summed E-state index contributed by atoms with van der Waals surface area (Å²) in [5.74, 6) is 0.747. The Kier molecular flexibility index (Phi) is 7.21. The smallest absolute Gasteiger partial charge is 0.248 e. The molecule has 0 unspecified atom stereocenters. The Morgan fingerprint density at radius 1 is 1.03 bits per heavy atom. The van der Waals surface area contributed by atoms with Crippen LogP contribution in [-0.4, -0.2) is 48.0 Å². The van der Waals surface area contributed by atoms with Crippen LogP contribution in [0.25, 0.3) is 0 Å². The lowest BCUT2D eigenvalue weighted by Crippen LogP contribution is -2.45. The first-order valence-electron chi connectivity index (χ1n) is 8.48. The lowest BCUT2D eigenvalue weighted by Gasteiger charge is -2.28. The third-order valence-electron chi connectivity index (χ3n) is 4.14. The van der Waals surface area contributed by atoms with Crippen molar-refractivity contribution in [1.29, 1.82) is 0 Å². The molecule has 0 fully saturated rings. The van der Waals surface area contributed by atoms with Crippen molar-refractivity contribution in [1.82, 2.24) is 0 Å². The number of amides is 1. The summed E-state index contributed by atoms with van der Waals surface area (Å²) in [7, 11) is 0.605. The minimum absolute atomic E-state index is 0.223. The van der Waals surface area contributed by atoms with E-state index in [2.05, 4.69) is 5.32 Å². The average molecular weight is 443 g/mol. The predicted octanol–water partition coefficient (Wildman–Crippen LogP) is 3.16. The summed E-state index contributed by atoms with van der Waals surface area (Å²) < 4.78 is 41.4. The number of ether oxygens (including phenoxy) is 3. The second-order valence-electron chi connectivity index (χ2n) is 6.11. The van der Waals surface area contributed by atoms with Gasteiger partial charge in [-0.25, -0.2) is 8.42 Å². The molecule has 2 rings (SSSR count). The van der Waals surface area contributed by atoms with Crippen molar-refractivity contribution in [3.8, 4) is 17.2 Å². The number of halogens is 1. The van der Waals surface area contributed by atoms with Gasteiger partial charge in [-0.05, 0) is 37.3 Å². The number of sulfonamides is 1. The summed E-state index contributed by atoms with van der Waals surface area (Å²) in [6.45, 7) is 1.47. The van der Waals surface area contributed by atoms with Gasteiger partial charge in [-0.2, -0.15) is 0 Å². The molecule has 1 N–H and O–H groups in total. The van der Waals surface area contributed by atoms with Crippen LogP contribution < -0.4 is 23.8 Å². The van der Waals surface area contributed by atoms with E-state index in [0.29, 0.717) is 22.9 Å². The number of methoxy groups -OCH3 is 3.